The van der Waals surface area contributed by atoms with Gasteiger partial charge in [0.25, 0.3) is 0 Å². The molecule has 2 aromatic rings. The van der Waals surface area contributed by atoms with Crippen molar-refractivity contribution in [1.82, 2.24) is 9.78 Å². The second-order valence-electron chi connectivity index (χ2n) is 3.32. The average Bonchev–Trinajstić information content (AvgIpc) is 2.60. The molecule has 2 N–H and O–H groups in total. The number of nitrogens with zero attached hydrogens (tertiary/aromatic N) is 2. The summed E-state index contributed by atoms with van der Waals surface area (Å²) in [5.41, 5.74) is 2.06. The molecule has 0 spiro atoms. The van der Waals surface area contributed by atoms with Crippen LogP contribution in [0.15, 0.2) is 30.3 Å². The van der Waals surface area contributed by atoms with Crippen molar-refractivity contribution in [3.8, 4) is 17.0 Å². The number of hydrogen-bond acceptors (Lipinski definition) is 3. The number of aryl methyl sites for hydroxylation is 1. The summed E-state index contributed by atoms with van der Waals surface area (Å²) in [6.45, 7) is -0.0584. The van der Waals surface area contributed by atoms with Gasteiger partial charge in [-0.2, -0.15) is 5.10 Å². The summed E-state index contributed by atoms with van der Waals surface area (Å²) >= 11 is 0. The second kappa shape index (κ2) is 3.74. The molecule has 0 amide bonds. The van der Waals surface area contributed by atoms with Gasteiger partial charge in [-0.05, 0) is 18.2 Å². The zero-order chi connectivity index (χ0) is 10.8. The fourth-order valence-electron chi connectivity index (χ4n) is 1.48. The number of phenols is 1. The molecular weight excluding hydrogens is 192 g/mol. The molecule has 1 aromatic carbocycles. The number of benzene rings is 1. The van der Waals surface area contributed by atoms with Gasteiger partial charge in [-0.1, -0.05) is 12.1 Å². The van der Waals surface area contributed by atoms with Gasteiger partial charge < -0.3 is 10.2 Å². The number of aliphatic hydroxyl groups is 1. The Labute approximate surface area is 87.4 Å². The van der Waals surface area contributed by atoms with Gasteiger partial charge in [0.15, 0.2) is 0 Å². The van der Waals surface area contributed by atoms with E-state index in [4.69, 9.17) is 5.11 Å². The molecule has 2 rings (SSSR count). The molecule has 15 heavy (non-hydrogen) atoms. The predicted molar refractivity (Wildman–Crippen MR) is 56.2 cm³/mol. The zero-order valence-electron chi connectivity index (χ0n) is 8.38. The summed E-state index contributed by atoms with van der Waals surface area (Å²) in [6.07, 6.45) is 0. The lowest BCUT2D eigenvalue weighted by Gasteiger charge is -1.98. The Morgan fingerprint density at radius 2 is 2.07 bits per heavy atom. The third kappa shape index (κ3) is 1.71. The van der Waals surface area contributed by atoms with Crippen LogP contribution in [0.2, 0.25) is 0 Å². The van der Waals surface area contributed by atoms with E-state index in [1.54, 1.807) is 36.0 Å². The van der Waals surface area contributed by atoms with Crippen LogP contribution in [0.4, 0.5) is 0 Å². The van der Waals surface area contributed by atoms with Crippen molar-refractivity contribution >= 4 is 0 Å². The van der Waals surface area contributed by atoms with E-state index in [9.17, 15) is 5.11 Å². The first-order valence-corrected chi connectivity index (χ1v) is 4.64. The molecule has 0 atom stereocenters. The standard InChI is InChI=1S/C11H12N2O2/c1-13-8(7-14)6-10(12-13)9-4-2-3-5-11(9)15/h2-6,14-15H,7H2,1H3. The van der Waals surface area contributed by atoms with E-state index >= 15 is 0 Å². The first-order chi connectivity index (χ1) is 7.22. The molecule has 4 heteroatoms. The SMILES string of the molecule is Cn1nc(-c2ccccc2O)cc1CO. The molecule has 0 bridgehead atoms. The maximum atomic E-state index is 9.63. The first kappa shape index (κ1) is 9.73. The molecule has 0 saturated carbocycles. The normalized spacial score (nSPS) is 10.5. The molecule has 78 valence electrons. The highest BCUT2D eigenvalue weighted by molar-refractivity contribution is 5.66. The Morgan fingerprint density at radius 1 is 1.33 bits per heavy atom. The Kier molecular flexibility index (Phi) is 2.43. The number of aromatic nitrogens is 2. The summed E-state index contributed by atoms with van der Waals surface area (Å²) in [6, 6.07) is 8.76. The van der Waals surface area contributed by atoms with Gasteiger partial charge in [0.2, 0.25) is 0 Å². The lowest BCUT2D eigenvalue weighted by molar-refractivity contribution is 0.270. The van der Waals surface area contributed by atoms with Gasteiger partial charge >= 0.3 is 0 Å². The Bertz CT molecular complexity index is 477. The fourth-order valence-corrected chi connectivity index (χ4v) is 1.48. The minimum Gasteiger partial charge on any atom is -0.507 e. The predicted octanol–water partition coefficient (Wildman–Crippen LogP) is 1.28. The molecule has 0 saturated heterocycles. The van der Waals surface area contributed by atoms with Gasteiger partial charge in [-0.25, -0.2) is 0 Å². The van der Waals surface area contributed by atoms with Crippen molar-refractivity contribution in [3.63, 3.8) is 0 Å². The maximum Gasteiger partial charge on any atom is 0.125 e. The van der Waals surface area contributed by atoms with Crippen LogP contribution >= 0.6 is 0 Å². The van der Waals surface area contributed by atoms with E-state index in [1.807, 2.05) is 6.07 Å². The minimum atomic E-state index is -0.0584. The van der Waals surface area contributed by atoms with Crippen LogP contribution in [0.3, 0.4) is 0 Å². The van der Waals surface area contributed by atoms with E-state index in [-0.39, 0.29) is 12.4 Å². The number of hydrogen-bond donors (Lipinski definition) is 2. The largest absolute Gasteiger partial charge is 0.507 e. The molecule has 0 aliphatic rings. The number of rotatable bonds is 2. The Hall–Kier alpha value is -1.81. The van der Waals surface area contributed by atoms with Crippen molar-refractivity contribution < 1.29 is 10.2 Å². The number of aromatic hydroxyl groups is 1. The van der Waals surface area contributed by atoms with E-state index in [1.165, 1.54) is 0 Å². The van der Waals surface area contributed by atoms with E-state index in [0.29, 0.717) is 17.0 Å². The molecule has 4 nitrogen and oxygen atoms in total. The van der Waals surface area contributed by atoms with Crippen LogP contribution in [0.5, 0.6) is 5.75 Å². The van der Waals surface area contributed by atoms with Gasteiger partial charge in [0, 0.05) is 12.6 Å². The summed E-state index contributed by atoms with van der Waals surface area (Å²) in [4.78, 5) is 0. The molecule has 0 fully saturated rings. The quantitative estimate of drug-likeness (QED) is 0.774. The van der Waals surface area contributed by atoms with E-state index in [0.717, 1.165) is 0 Å². The topological polar surface area (TPSA) is 58.3 Å². The molecule has 0 unspecified atom stereocenters. The zero-order valence-corrected chi connectivity index (χ0v) is 8.38. The second-order valence-corrected chi connectivity index (χ2v) is 3.32. The van der Waals surface area contributed by atoms with Crippen LogP contribution < -0.4 is 0 Å². The number of aliphatic hydroxyl groups excluding tert-OH is 1. The molecular formula is C11H12N2O2. The van der Waals surface area contributed by atoms with Crippen LogP contribution in [-0.2, 0) is 13.7 Å². The van der Waals surface area contributed by atoms with Crippen LogP contribution in [0.25, 0.3) is 11.3 Å². The summed E-state index contributed by atoms with van der Waals surface area (Å²) < 4.78 is 1.60. The van der Waals surface area contributed by atoms with E-state index < -0.39 is 0 Å². The fraction of sp³-hybridized carbons (Fsp3) is 0.182. The molecule has 1 heterocycles. The highest BCUT2D eigenvalue weighted by atomic mass is 16.3. The first-order valence-electron chi connectivity index (χ1n) is 4.64. The molecule has 0 radical (unpaired) electrons. The van der Waals surface area contributed by atoms with Gasteiger partial charge in [0.05, 0.1) is 18.0 Å². The van der Waals surface area contributed by atoms with Crippen LogP contribution in [-0.4, -0.2) is 20.0 Å². The average molecular weight is 204 g/mol. The minimum absolute atomic E-state index is 0.0584. The third-order valence-electron chi connectivity index (χ3n) is 2.32. The van der Waals surface area contributed by atoms with Crippen LogP contribution in [0.1, 0.15) is 5.69 Å². The van der Waals surface area contributed by atoms with Crippen molar-refractivity contribution in [2.24, 2.45) is 7.05 Å². The smallest absolute Gasteiger partial charge is 0.125 e. The number of phenolic OH excluding ortho intramolecular Hbond substituents is 1. The Balaban J connectivity index is 2.50. The molecule has 0 aliphatic heterocycles. The van der Waals surface area contributed by atoms with Gasteiger partial charge in [0.1, 0.15) is 5.75 Å². The summed E-state index contributed by atoms with van der Waals surface area (Å²) in [5, 5.41) is 22.9. The van der Waals surface area contributed by atoms with Gasteiger partial charge in [-0.15, -0.1) is 0 Å². The lowest BCUT2D eigenvalue weighted by atomic mass is 10.1. The van der Waals surface area contributed by atoms with Crippen molar-refractivity contribution in [2.45, 2.75) is 6.61 Å². The number of para-hydroxylation sites is 1. The monoisotopic (exact) mass is 204 g/mol. The van der Waals surface area contributed by atoms with Crippen molar-refractivity contribution in [1.29, 1.82) is 0 Å². The summed E-state index contributed by atoms with van der Waals surface area (Å²) in [5.74, 6) is 0.195. The van der Waals surface area contributed by atoms with E-state index in [2.05, 4.69) is 5.10 Å². The molecule has 1 aromatic heterocycles. The highest BCUT2D eigenvalue weighted by Crippen LogP contribution is 2.27. The molecule has 0 aliphatic carbocycles. The lowest BCUT2D eigenvalue weighted by Crippen LogP contribution is -1.96. The van der Waals surface area contributed by atoms with Gasteiger partial charge in [-0.3, -0.25) is 4.68 Å². The van der Waals surface area contributed by atoms with Crippen molar-refractivity contribution in [2.75, 3.05) is 0 Å². The highest BCUT2D eigenvalue weighted by Gasteiger charge is 2.09. The van der Waals surface area contributed by atoms with Crippen LogP contribution in [0, 0.1) is 0 Å². The summed E-state index contributed by atoms with van der Waals surface area (Å²) in [7, 11) is 1.76. The Morgan fingerprint density at radius 3 is 2.67 bits per heavy atom. The third-order valence-corrected chi connectivity index (χ3v) is 2.32. The maximum absolute atomic E-state index is 9.63. The van der Waals surface area contributed by atoms with Crippen molar-refractivity contribution in [3.05, 3.63) is 36.0 Å².